The molecule has 0 aliphatic carbocycles. The number of hydrogen-bond donors (Lipinski definition) is 0. The largest absolute Gasteiger partial charge is 0.488 e. The molecule has 2 aromatic carbocycles. The van der Waals surface area contributed by atoms with E-state index in [9.17, 15) is 9.59 Å². The molecule has 0 saturated carbocycles. The number of carbonyl (C=O) groups is 2. The molecular formula is C23H27NO5. The molecule has 0 unspecified atom stereocenters. The van der Waals surface area contributed by atoms with Crippen molar-refractivity contribution in [2.75, 3.05) is 6.54 Å². The number of hydrogen-bond acceptors (Lipinski definition) is 5. The number of para-hydroxylation sites is 1. The van der Waals surface area contributed by atoms with Gasteiger partial charge in [-0.1, -0.05) is 48.5 Å². The van der Waals surface area contributed by atoms with Gasteiger partial charge >= 0.3 is 12.1 Å². The van der Waals surface area contributed by atoms with Gasteiger partial charge < -0.3 is 14.2 Å². The van der Waals surface area contributed by atoms with E-state index in [-0.39, 0.29) is 19.3 Å². The average Bonchev–Trinajstić information content (AvgIpc) is 3.10. The summed E-state index contributed by atoms with van der Waals surface area (Å²) in [7, 11) is 0. The lowest BCUT2D eigenvalue weighted by molar-refractivity contribution is -0.150. The zero-order chi connectivity index (χ0) is 20.9. The van der Waals surface area contributed by atoms with Gasteiger partial charge in [0.15, 0.2) is 0 Å². The van der Waals surface area contributed by atoms with E-state index >= 15 is 0 Å². The summed E-state index contributed by atoms with van der Waals surface area (Å²) in [5, 5.41) is 0. The molecule has 1 saturated heterocycles. The number of amides is 1. The van der Waals surface area contributed by atoms with Gasteiger partial charge in [0.25, 0.3) is 0 Å². The summed E-state index contributed by atoms with van der Waals surface area (Å²) in [4.78, 5) is 26.9. The third-order valence-electron chi connectivity index (χ3n) is 4.43. The zero-order valence-corrected chi connectivity index (χ0v) is 17.0. The highest BCUT2D eigenvalue weighted by molar-refractivity contribution is 5.82. The molecule has 0 bridgehead atoms. The van der Waals surface area contributed by atoms with Crippen molar-refractivity contribution in [2.45, 2.75) is 51.5 Å². The predicted octanol–water partition coefficient (Wildman–Crippen LogP) is 4.19. The molecule has 6 heteroatoms. The van der Waals surface area contributed by atoms with Crippen molar-refractivity contribution in [3.8, 4) is 5.75 Å². The number of rotatable bonds is 5. The molecule has 0 aromatic heterocycles. The predicted molar refractivity (Wildman–Crippen MR) is 108 cm³/mol. The van der Waals surface area contributed by atoms with E-state index in [0.717, 1.165) is 5.56 Å². The second kappa shape index (κ2) is 8.99. The van der Waals surface area contributed by atoms with E-state index in [1.807, 2.05) is 60.7 Å². The highest BCUT2D eigenvalue weighted by Crippen LogP contribution is 2.26. The maximum absolute atomic E-state index is 12.8. The molecular weight excluding hydrogens is 370 g/mol. The van der Waals surface area contributed by atoms with E-state index in [1.165, 1.54) is 4.90 Å². The van der Waals surface area contributed by atoms with Gasteiger partial charge in [0.1, 0.15) is 30.1 Å². The van der Waals surface area contributed by atoms with Crippen molar-refractivity contribution in [1.29, 1.82) is 0 Å². The van der Waals surface area contributed by atoms with E-state index in [1.54, 1.807) is 20.8 Å². The molecule has 0 radical (unpaired) electrons. The first-order valence-electron chi connectivity index (χ1n) is 9.74. The standard InChI is InChI=1S/C23H27NO5/c1-23(2,3)29-22(26)24-15-19(28-18-12-8-5-9-13-18)14-20(24)21(25)27-16-17-10-6-4-7-11-17/h4-13,19-20H,14-16H2,1-3H3/t19-,20+/m1/s1. The van der Waals surface area contributed by atoms with Crippen LogP contribution in [0.25, 0.3) is 0 Å². The Hall–Kier alpha value is -3.02. The number of benzene rings is 2. The molecule has 1 fully saturated rings. The van der Waals surface area contributed by atoms with Crippen molar-refractivity contribution >= 4 is 12.1 Å². The summed E-state index contributed by atoms with van der Waals surface area (Å²) in [6.07, 6.45) is -0.514. The number of nitrogens with zero attached hydrogens (tertiary/aromatic N) is 1. The number of ether oxygens (including phenoxy) is 3. The monoisotopic (exact) mass is 397 g/mol. The second-order valence-corrected chi connectivity index (χ2v) is 8.03. The first kappa shape index (κ1) is 20.7. The molecule has 1 aliphatic heterocycles. The minimum Gasteiger partial charge on any atom is -0.488 e. The molecule has 29 heavy (non-hydrogen) atoms. The third kappa shape index (κ3) is 5.98. The van der Waals surface area contributed by atoms with Gasteiger partial charge in [0, 0.05) is 6.42 Å². The van der Waals surface area contributed by atoms with Crippen molar-refractivity contribution in [2.24, 2.45) is 0 Å². The van der Waals surface area contributed by atoms with Gasteiger partial charge in [-0.3, -0.25) is 4.90 Å². The fourth-order valence-electron chi connectivity index (χ4n) is 3.15. The number of carbonyl (C=O) groups excluding carboxylic acids is 2. The van der Waals surface area contributed by atoms with Crippen LogP contribution in [0.1, 0.15) is 32.8 Å². The Balaban J connectivity index is 1.69. The summed E-state index contributed by atoms with van der Waals surface area (Å²) < 4.78 is 16.9. The Morgan fingerprint density at radius 1 is 1.00 bits per heavy atom. The van der Waals surface area contributed by atoms with Crippen LogP contribution in [0, 0.1) is 0 Å². The van der Waals surface area contributed by atoms with Crippen molar-refractivity contribution < 1.29 is 23.8 Å². The first-order chi connectivity index (χ1) is 13.8. The maximum atomic E-state index is 12.8. The second-order valence-electron chi connectivity index (χ2n) is 8.03. The molecule has 1 aliphatic rings. The van der Waals surface area contributed by atoms with Gasteiger partial charge in [-0.25, -0.2) is 9.59 Å². The van der Waals surface area contributed by atoms with Crippen LogP contribution in [0.5, 0.6) is 5.75 Å². The van der Waals surface area contributed by atoms with Gasteiger partial charge in [-0.05, 0) is 38.5 Å². The number of esters is 1. The minimum absolute atomic E-state index is 0.155. The molecule has 154 valence electrons. The highest BCUT2D eigenvalue weighted by Gasteiger charge is 2.43. The third-order valence-corrected chi connectivity index (χ3v) is 4.43. The quantitative estimate of drug-likeness (QED) is 0.708. The van der Waals surface area contributed by atoms with Crippen LogP contribution in [0.4, 0.5) is 4.79 Å². The normalized spacial score (nSPS) is 18.9. The van der Waals surface area contributed by atoms with Crippen LogP contribution in [-0.4, -0.2) is 41.3 Å². The van der Waals surface area contributed by atoms with E-state index in [4.69, 9.17) is 14.2 Å². The molecule has 1 amide bonds. The van der Waals surface area contributed by atoms with Gasteiger partial charge in [-0.15, -0.1) is 0 Å². The summed E-state index contributed by atoms with van der Waals surface area (Å²) in [5.74, 6) is 0.235. The maximum Gasteiger partial charge on any atom is 0.411 e. The van der Waals surface area contributed by atoms with Crippen LogP contribution >= 0.6 is 0 Å². The molecule has 3 rings (SSSR count). The van der Waals surface area contributed by atoms with Crippen molar-refractivity contribution in [3.63, 3.8) is 0 Å². The van der Waals surface area contributed by atoms with Crippen molar-refractivity contribution in [1.82, 2.24) is 4.90 Å². The van der Waals surface area contributed by atoms with Crippen LogP contribution in [0.3, 0.4) is 0 Å². The molecule has 2 atom stereocenters. The highest BCUT2D eigenvalue weighted by atomic mass is 16.6. The minimum atomic E-state index is -0.748. The Morgan fingerprint density at radius 2 is 1.62 bits per heavy atom. The summed E-state index contributed by atoms with van der Waals surface area (Å²) >= 11 is 0. The zero-order valence-electron chi connectivity index (χ0n) is 17.0. The first-order valence-corrected chi connectivity index (χ1v) is 9.74. The Labute approximate surface area is 171 Å². The lowest BCUT2D eigenvalue weighted by Gasteiger charge is -2.27. The van der Waals surface area contributed by atoms with Crippen LogP contribution in [0.15, 0.2) is 60.7 Å². The Morgan fingerprint density at radius 3 is 2.24 bits per heavy atom. The molecule has 1 heterocycles. The fraction of sp³-hybridized carbons (Fsp3) is 0.391. The molecule has 0 N–H and O–H groups in total. The lowest BCUT2D eigenvalue weighted by atomic mass is 10.2. The molecule has 2 aromatic rings. The van der Waals surface area contributed by atoms with Gasteiger partial charge in [0.2, 0.25) is 0 Å². The smallest absolute Gasteiger partial charge is 0.411 e. The Kier molecular flexibility index (Phi) is 6.42. The topological polar surface area (TPSA) is 65.1 Å². The average molecular weight is 397 g/mol. The Bertz CT molecular complexity index is 816. The van der Waals surface area contributed by atoms with Crippen LogP contribution in [-0.2, 0) is 20.9 Å². The summed E-state index contributed by atoms with van der Waals surface area (Å²) in [5.41, 5.74) is 0.230. The van der Waals surface area contributed by atoms with E-state index < -0.39 is 23.7 Å². The summed E-state index contributed by atoms with van der Waals surface area (Å²) in [6, 6.07) is 18.0. The van der Waals surface area contributed by atoms with E-state index in [0.29, 0.717) is 12.2 Å². The fourth-order valence-corrected chi connectivity index (χ4v) is 3.15. The van der Waals surface area contributed by atoms with E-state index in [2.05, 4.69) is 0 Å². The number of likely N-dealkylation sites (tertiary alicyclic amines) is 1. The van der Waals surface area contributed by atoms with Crippen molar-refractivity contribution in [3.05, 3.63) is 66.2 Å². The molecule has 6 nitrogen and oxygen atoms in total. The van der Waals surface area contributed by atoms with Gasteiger partial charge in [-0.2, -0.15) is 0 Å². The van der Waals surface area contributed by atoms with Gasteiger partial charge in [0.05, 0.1) is 6.54 Å². The SMILES string of the molecule is CC(C)(C)OC(=O)N1C[C@H](Oc2ccccc2)C[C@H]1C(=O)OCc1ccccc1. The van der Waals surface area contributed by atoms with Crippen LogP contribution in [0.2, 0.25) is 0 Å². The molecule has 0 spiro atoms. The van der Waals surface area contributed by atoms with Crippen LogP contribution < -0.4 is 4.74 Å². The summed E-state index contributed by atoms with van der Waals surface area (Å²) in [6.45, 7) is 5.79. The lowest BCUT2D eigenvalue weighted by Crippen LogP contribution is -2.44.